The van der Waals surface area contributed by atoms with E-state index in [1.807, 2.05) is 0 Å². The van der Waals surface area contributed by atoms with Crippen LogP contribution < -0.4 is 10.6 Å². The highest BCUT2D eigenvalue weighted by Gasteiger charge is 2.21. The van der Waals surface area contributed by atoms with E-state index >= 15 is 0 Å². The average Bonchev–Trinajstić information content (AvgIpc) is 2.85. The third kappa shape index (κ3) is 3.60. The molecule has 0 aliphatic carbocycles. The summed E-state index contributed by atoms with van der Waals surface area (Å²) in [6.07, 6.45) is 6.34. The third-order valence-electron chi connectivity index (χ3n) is 3.97. The van der Waals surface area contributed by atoms with Crippen molar-refractivity contribution in [3.8, 4) is 0 Å². The Hall–Kier alpha value is -1.36. The van der Waals surface area contributed by atoms with Gasteiger partial charge in [0.15, 0.2) is 0 Å². The highest BCUT2D eigenvalue weighted by atomic mass is 15.2. The summed E-state index contributed by atoms with van der Waals surface area (Å²) >= 11 is 0. The predicted molar refractivity (Wildman–Crippen MR) is 84.3 cm³/mol. The van der Waals surface area contributed by atoms with Crippen molar-refractivity contribution in [1.29, 1.82) is 0 Å². The van der Waals surface area contributed by atoms with Crippen molar-refractivity contribution in [1.82, 2.24) is 14.9 Å². The zero-order chi connectivity index (χ0) is 14.4. The van der Waals surface area contributed by atoms with Gasteiger partial charge >= 0.3 is 0 Å². The first-order valence-corrected chi connectivity index (χ1v) is 7.78. The first-order chi connectivity index (χ1) is 9.76. The number of aromatic nitrogens is 2. The molecule has 0 radical (unpaired) electrons. The van der Waals surface area contributed by atoms with Crippen LogP contribution in [-0.4, -0.2) is 47.6 Å². The lowest BCUT2D eigenvalue weighted by molar-refractivity contribution is 0.322. The Balaban J connectivity index is 2.07. The molecule has 1 aliphatic rings. The van der Waals surface area contributed by atoms with Crippen LogP contribution in [0.3, 0.4) is 0 Å². The van der Waals surface area contributed by atoms with E-state index < -0.39 is 0 Å². The molecule has 1 fully saturated rings. The van der Waals surface area contributed by atoms with Gasteiger partial charge in [0.25, 0.3) is 0 Å². The van der Waals surface area contributed by atoms with Gasteiger partial charge < -0.3 is 15.5 Å². The first kappa shape index (κ1) is 15.0. The van der Waals surface area contributed by atoms with Crippen LogP contribution in [0, 0.1) is 0 Å². The molecule has 2 heterocycles. The van der Waals surface area contributed by atoms with Crippen LogP contribution in [0.15, 0.2) is 6.33 Å². The van der Waals surface area contributed by atoms with Gasteiger partial charge in [-0.1, -0.05) is 13.3 Å². The van der Waals surface area contributed by atoms with Crippen LogP contribution in [0.2, 0.25) is 0 Å². The van der Waals surface area contributed by atoms with Crippen LogP contribution in [0.5, 0.6) is 0 Å². The second-order valence-corrected chi connectivity index (χ2v) is 5.49. The summed E-state index contributed by atoms with van der Waals surface area (Å²) in [5.74, 6) is 1.98. The van der Waals surface area contributed by atoms with Gasteiger partial charge in [0.05, 0.1) is 0 Å². The number of hydrogen-bond acceptors (Lipinski definition) is 5. The van der Waals surface area contributed by atoms with Gasteiger partial charge in [-0.15, -0.1) is 0 Å². The van der Waals surface area contributed by atoms with Gasteiger partial charge in [0, 0.05) is 24.7 Å². The second kappa shape index (κ2) is 7.43. The lowest BCUT2D eigenvalue weighted by Crippen LogP contribution is -2.32. The van der Waals surface area contributed by atoms with Gasteiger partial charge in [0.2, 0.25) is 0 Å². The van der Waals surface area contributed by atoms with Crippen molar-refractivity contribution in [2.75, 3.05) is 37.3 Å². The highest BCUT2D eigenvalue weighted by molar-refractivity contribution is 5.57. The molecule has 0 spiro atoms. The Bertz CT molecular complexity index is 421. The van der Waals surface area contributed by atoms with Crippen molar-refractivity contribution in [2.24, 2.45) is 0 Å². The molecular formula is C15H27N5. The van der Waals surface area contributed by atoms with E-state index in [-0.39, 0.29) is 0 Å². The summed E-state index contributed by atoms with van der Waals surface area (Å²) in [5.41, 5.74) is 1.22. The zero-order valence-electron chi connectivity index (χ0n) is 12.9. The molecule has 1 aromatic rings. The first-order valence-electron chi connectivity index (χ1n) is 7.78. The molecule has 5 nitrogen and oxygen atoms in total. The molecule has 5 heteroatoms. The van der Waals surface area contributed by atoms with E-state index in [0.29, 0.717) is 6.04 Å². The molecule has 1 saturated heterocycles. The Morgan fingerprint density at radius 2 is 2.00 bits per heavy atom. The molecule has 1 atom stereocenters. The Kier molecular flexibility index (Phi) is 5.59. The molecule has 2 N–H and O–H groups in total. The number of likely N-dealkylation sites (tertiary alicyclic amines) is 1. The number of nitrogens with zero attached hydrogens (tertiary/aromatic N) is 3. The summed E-state index contributed by atoms with van der Waals surface area (Å²) in [4.78, 5) is 11.2. The lowest BCUT2D eigenvalue weighted by Gasteiger charge is -2.21. The number of hydrogen-bond donors (Lipinski definition) is 2. The summed E-state index contributed by atoms with van der Waals surface area (Å²) in [7, 11) is 2.20. The molecule has 1 aliphatic heterocycles. The van der Waals surface area contributed by atoms with Crippen LogP contribution >= 0.6 is 0 Å². The molecule has 0 bridgehead atoms. The van der Waals surface area contributed by atoms with E-state index in [1.165, 1.54) is 24.9 Å². The fraction of sp³-hybridized carbons (Fsp3) is 0.733. The molecule has 0 amide bonds. The van der Waals surface area contributed by atoms with E-state index in [4.69, 9.17) is 0 Å². The monoisotopic (exact) mass is 277 g/mol. The topological polar surface area (TPSA) is 53.1 Å². The number of nitrogens with one attached hydrogen (secondary N) is 2. The standard InChI is InChI=1S/C15H27N5/c1-4-7-13-14(16-5-2)18-11-19-15(13)17-10-12-8-6-9-20(12)3/h11-12H,4-10H2,1-3H3,(H2,16,17,18,19). The molecule has 0 aromatic carbocycles. The van der Waals surface area contributed by atoms with Crippen molar-refractivity contribution < 1.29 is 0 Å². The SMILES string of the molecule is CCCc1c(NCC)ncnc1NCC1CCCN1C. The summed E-state index contributed by atoms with van der Waals surface area (Å²) in [6.45, 7) is 7.35. The van der Waals surface area contributed by atoms with Crippen LogP contribution in [0.25, 0.3) is 0 Å². The Labute approximate surface area is 122 Å². The molecule has 1 aromatic heterocycles. The quantitative estimate of drug-likeness (QED) is 0.801. The predicted octanol–water partition coefficient (Wildman–Crippen LogP) is 2.37. The van der Waals surface area contributed by atoms with Crippen molar-refractivity contribution >= 4 is 11.6 Å². The second-order valence-electron chi connectivity index (χ2n) is 5.49. The van der Waals surface area contributed by atoms with E-state index in [1.54, 1.807) is 6.33 Å². The molecule has 1 unspecified atom stereocenters. The highest BCUT2D eigenvalue weighted by Crippen LogP contribution is 2.22. The van der Waals surface area contributed by atoms with Crippen LogP contribution in [0.1, 0.15) is 38.7 Å². The maximum atomic E-state index is 4.45. The van der Waals surface area contributed by atoms with E-state index in [0.717, 1.165) is 37.6 Å². The zero-order valence-corrected chi connectivity index (χ0v) is 12.9. The smallest absolute Gasteiger partial charge is 0.134 e. The minimum atomic E-state index is 0.627. The minimum Gasteiger partial charge on any atom is -0.370 e. The Morgan fingerprint density at radius 1 is 1.25 bits per heavy atom. The molecule has 112 valence electrons. The maximum Gasteiger partial charge on any atom is 0.134 e. The van der Waals surface area contributed by atoms with E-state index in [2.05, 4.69) is 46.4 Å². The fourth-order valence-electron chi connectivity index (χ4n) is 2.82. The van der Waals surface area contributed by atoms with Crippen molar-refractivity contribution in [2.45, 2.75) is 45.6 Å². The van der Waals surface area contributed by atoms with Gasteiger partial charge in [-0.3, -0.25) is 0 Å². The van der Waals surface area contributed by atoms with Gasteiger partial charge in [0.1, 0.15) is 18.0 Å². The fourth-order valence-corrected chi connectivity index (χ4v) is 2.82. The largest absolute Gasteiger partial charge is 0.370 e. The average molecular weight is 277 g/mol. The lowest BCUT2D eigenvalue weighted by atomic mass is 10.1. The maximum absolute atomic E-state index is 4.45. The van der Waals surface area contributed by atoms with Crippen LogP contribution in [-0.2, 0) is 6.42 Å². The summed E-state index contributed by atoms with van der Waals surface area (Å²) in [6, 6.07) is 0.627. The van der Waals surface area contributed by atoms with Crippen LogP contribution in [0.4, 0.5) is 11.6 Å². The van der Waals surface area contributed by atoms with E-state index in [9.17, 15) is 0 Å². The molecular weight excluding hydrogens is 250 g/mol. The number of anilines is 2. The number of rotatable bonds is 7. The van der Waals surface area contributed by atoms with Crippen molar-refractivity contribution in [3.05, 3.63) is 11.9 Å². The van der Waals surface area contributed by atoms with Gasteiger partial charge in [-0.2, -0.15) is 0 Å². The number of likely N-dealkylation sites (N-methyl/N-ethyl adjacent to an activating group) is 1. The van der Waals surface area contributed by atoms with Gasteiger partial charge in [-0.25, -0.2) is 9.97 Å². The summed E-state index contributed by atoms with van der Waals surface area (Å²) in [5, 5.41) is 6.87. The molecule has 0 saturated carbocycles. The third-order valence-corrected chi connectivity index (χ3v) is 3.97. The van der Waals surface area contributed by atoms with Crippen molar-refractivity contribution in [3.63, 3.8) is 0 Å². The Morgan fingerprint density at radius 3 is 2.60 bits per heavy atom. The summed E-state index contributed by atoms with van der Waals surface area (Å²) < 4.78 is 0. The normalized spacial score (nSPS) is 19.2. The van der Waals surface area contributed by atoms with Gasteiger partial charge in [-0.05, 0) is 39.8 Å². The minimum absolute atomic E-state index is 0.627. The molecule has 20 heavy (non-hydrogen) atoms. The molecule has 2 rings (SSSR count).